The van der Waals surface area contributed by atoms with E-state index in [9.17, 15) is 0 Å². The third-order valence-electron chi connectivity index (χ3n) is 2.18. The molecule has 1 aromatic heterocycles. The Hall–Kier alpha value is -2.16. The van der Waals surface area contributed by atoms with Gasteiger partial charge in [0.05, 0.1) is 18.7 Å². The molecular weight excluding hydrogens is 200 g/mol. The average molecular weight is 212 g/mol. The van der Waals surface area contributed by atoms with Crippen LogP contribution in [0.2, 0.25) is 0 Å². The number of benzene rings is 1. The Morgan fingerprint density at radius 1 is 1.00 bits per heavy atom. The van der Waals surface area contributed by atoms with E-state index >= 15 is 0 Å². The fourth-order valence-electron chi connectivity index (χ4n) is 1.28. The second kappa shape index (κ2) is 5.07. The second-order valence-corrected chi connectivity index (χ2v) is 3.36. The Labute approximate surface area is 94.1 Å². The highest BCUT2D eigenvalue weighted by Crippen LogP contribution is 2.03. The first-order valence-corrected chi connectivity index (χ1v) is 5.02. The minimum absolute atomic E-state index is 0.696. The van der Waals surface area contributed by atoms with E-state index in [2.05, 4.69) is 10.2 Å². The number of hydrogen-bond donors (Lipinski definition) is 0. The fourth-order valence-corrected chi connectivity index (χ4v) is 1.28. The van der Waals surface area contributed by atoms with Crippen molar-refractivity contribution < 1.29 is 4.42 Å². The van der Waals surface area contributed by atoms with Crippen molar-refractivity contribution in [1.29, 1.82) is 0 Å². The molecule has 0 aliphatic carbocycles. The van der Waals surface area contributed by atoms with Gasteiger partial charge in [-0.05, 0) is 30.2 Å². The maximum atomic E-state index is 5.09. The van der Waals surface area contributed by atoms with Gasteiger partial charge in [0, 0.05) is 0 Å². The summed E-state index contributed by atoms with van der Waals surface area (Å²) in [7, 11) is 0. The molecule has 16 heavy (non-hydrogen) atoms. The summed E-state index contributed by atoms with van der Waals surface area (Å²) in [6, 6.07) is 11.7. The lowest BCUT2D eigenvalue weighted by molar-refractivity contribution is 0.560. The fraction of sp³-hybridized carbons (Fsp3) is 0.0769. The van der Waals surface area contributed by atoms with E-state index < -0.39 is 0 Å². The third-order valence-corrected chi connectivity index (χ3v) is 2.18. The molecule has 0 atom stereocenters. The molecule has 0 saturated carbocycles. The molecule has 1 heterocycles. The minimum atomic E-state index is 0.696. The first-order valence-electron chi connectivity index (χ1n) is 5.02. The van der Waals surface area contributed by atoms with Crippen molar-refractivity contribution in [1.82, 2.24) is 0 Å². The van der Waals surface area contributed by atoms with Crippen molar-refractivity contribution in [2.24, 2.45) is 10.2 Å². The van der Waals surface area contributed by atoms with Crippen LogP contribution in [0.15, 0.2) is 57.3 Å². The van der Waals surface area contributed by atoms with Gasteiger partial charge < -0.3 is 4.42 Å². The van der Waals surface area contributed by atoms with Gasteiger partial charge in [0.25, 0.3) is 0 Å². The normalized spacial score (nSPS) is 11.6. The highest BCUT2D eigenvalue weighted by Gasteiger charge is 1.91. The van der Waals surface area contributed by atoms with Crippen LogP contribution in [0, 0.1) is 6.92 Å². The van der Waals surface area contributed by atoms with Crippen LogP contribution in [0.1, 0.15) is 16.9 Å². The topological polar surface area (TPSA) is 37.9 Å². The van der Waals surface area contributed by atoms with E-state index in [4.69, 9.17) is 4.42 Å². The van der Waals surface area contributed by atoms with E-state index in [0.29, 0.717) is 5.76 Å². The van der Waals surface area contributed by atoms with Crippen molar-refractivity contribution in [3.63, 3.8) is 0 Å². The number of furan rings is 1. The largest absolute Gasteiger partial charge is 0.463 e. The summed E-state index contributed by atoms with van der Waals surface area (Å²) in [5.74, 6) is 0.696. The van der Waals surface area contributed by atoms with Gasteiger partial charge in [-0.1, -0.05) is 24.3 Å². The van der Waals surface area contributed by atoms with Gasteiger partial charge in [-0.3, -0.25) is 0 Å². The summed E-state index contributed by atoms with van der Waals surface area (Å²) in [4.78, 5) is 0. The van der Waals surface area contributed by atoms with E-state index in [1.54, 1.807) is 18.7 Å². The number of hydrogen-bond acceptors (Lipinski definition) is 3. The SMILES string of the molecule is Cc1ccccc1C=NN=Cc1ccco1. The van der Waals surface area contributed by atoms with Gasteiger partial charge >= 0.3 is 0 Å². The zero-order valence-electron chi connectivity index (χ0n) is 9.00. The van der Waals surface area contributed by atoms with Gasteiger partial charge in [-0.2, -0.15) is 10.2 Å². The average Bonchev–Trinajstić information content (AvgIpc) is 2.79. The highest BCUT2D eigenvalue weighted by molar-refractivity contribution is 5.82. The van der Waals surface area contributed by atoms with Crippen LogP contribution in [-0.2, 0) is 0 Å². The summed E-state index contributed by atoms with van der Waals surface area (Å²) < 4.78 is 5.09. The van der Waals surface area contributed by atoms with Crippen molar-refractivity contribution in [3.05, 3.63) is 59.5 Å². The molecule has 80 valence electrons. The molecule has 0 saturated heterocycles. The molecule has 0 fully saturated rings. The van der Waals surface area contributed by atoms with Crippen LogP contribution in [-0.4, -0.2) is 12.4 Å². The number of aryl methyl sites for hydroxylation is 1. The lowest BCUT2D eigenvalue weighted by atomic mass is 10.1. The lowest BCUT2D eigenvalue weighted by Gasteiger charge is -1.95. The maximum absolute atomic E-state index is 5.09. The third kappa shape index (κ3) is 2.67. The number of nitrogens with zero attached hydrogens (tertiary/aromatic N) is 2. The van der Waals surface area contributed by atoms with Crippen LogP contribution < -0.4 is 0 Å². The van der Waals surface area contributed by atoms with Crippen molar-refractivity contribution in [2.45, 2.75) is 6.92 Å². The Kier molecular flexibility index (Phi) is 3.28. The molecule has 1 aromatic carbocycles. The predicted octanol–water partition coefficient (Wildman–Crippen LogP) is 3.04. The monoisotopic (exact) mass is 212 g/mol. The molecule has 0 radical (unpaired) electrons. The summed E-state index contributed by atoms with van der Waals surface area (Å²) in [5, 5.41) is 7.86. The molecule has 3 nitrogen and oxygen atoms in total. The molecule has 2 aromatic rings. The molecule has 0 amide bonds. The van der Waals surface area contributed by atoms with E-state index in [0.717, 1.165) is 5.56 Å². The first kappa shape index (κ1) is 10.4. The summed E-state index contributed by atoms with van der Waals surface area (Å²) >= 11 is 0. The molecular formula is C13H12N2O. The second-order valence-electron chi connectivity index (χ2n) is 3.36. The van der Waals surface area contributed by atoms with Gasteiger partial charge in [-0.25, -0.2) is 0 Å². The molecule has 0 bridgehead atoms. The van der Waals surface area contributed by atoms with Crippen LogP contribution >= 0.6 is 0 Å². The summed E-state index contributed by atoms with van der Waals surface area (Å²) in [6.07, 6.45) is 4.91. The molecule has 0 spiro atoms. The van der Waals surface area contributed by atoms with E-state index in [1.165, 1.54) is 5.56 Å². The van der Waals surface area contributed by atoms with Gasteiger partial charge in [0.15, 0.2) is 0 Å². The van der Waals surface area contributed by atoms with Gasteiger partial charge in [0.1, 0.15) is 5.76 Å². The molecule has 0 aliphatic rings. The van der Waals surface area contributed by atoms with Crippen LogP contribution in [0.5, 0.6) is 0 Å². The van der Waals surface area contributed by atoms with Crippen LogP contribution in [0.4, 0.5) is 0 Å². The van der Waals surface area contributed by atoms with Crippen molar-refractivity contribution in [3.8, 4) is 0 Å². The predicted molar refractivity (Wildman–Crippen MR) is 65.1 cm³/mol. The number of rotatable bonds is 3. The maximum Gasteiger partial charge on any atom is 0.146 e. The zero-order chi connectivity index (χ0) is 11.2. The van der Waals surface area contributed by atoms with Crippen LogP contribution in [0.25, 0.3) is 0 Å². The Bertz CT molecular complexity index is 498. The minimum Gasteiger partial charge on any atom is -0.463 e. The van der Waals surface area contributed by atoms with E-state index in [1.807, 2.05) is 43.3 Å². The first-order chi connectivity index (χ1) is 7.86. The molecule has 0 unspecified atom stereocenters. The Morgan fingerprint density at radius 2 is 1.81 bits per heavy atom. The standard InChI is InChI=1S/C13H12N2O/c1-11-5-2-3-6-12(11)9-14-15-10-13-7-4-8-16-13/h2-10H,1H3. The Balaban J connectivity index is 2.03. The molecule has 0 aliphatic heterocycles. The summed E-state index contributed by atoms with van der Waals surface area (Å²) in [5.41, 5.74) is 2.25. The Morgan fingerprint density at radius 3 is 2.56 bits per heavy atom. The highest BCUT2D eigenvalue weighted by atomic mass is 16.3. The molecule has 3 heteroatoms. The quantitative estimate of drug-likeness (QED) is 0.569. The van der Waals surface area contributed by atoms with Gasteiger partial charge in [0.2, 0.25) is 0 Å². The van der Waals surface area contributed by atoms with Crippen molar-refractivity contribution >= 4 is 12.4 Å². The van der Waals surface area contributed by atoms with Crippen molar-refractivity contribution in [2.75, 3.05) is 0 Å². The molecule has 0 N–H and O–H groups in total. The van der Waals surface area contributed by atoms with Gasteiger partial charge in [-0.15, -0.1) is 0 Å². The molecule has 2 rings (SSSR count). The summed E-state index contributed by atoms with van der Waals surface area (Å²) in [6.45, 7) is 2.04. The van der Waals surface area contributed by atoms with E-state index in [-0.39, 0.29) is 0 Å². The lowest BCUT2D eigenvalue weighted by Crippen LogP contribution is -1.84. The zero-order valence-corrected chi connectivity index (χ0v) is 9.00. The smallest absolute Gasteiger partial charge is 0.146 e. The van der Waals surface area contributed by atoms with Crippen LogP contribution in [0.3, 0.4) is 0 Å².